The van der Waals surface area contributed by atoms with Crippen molar-refractivity contribution < 1.29 is 14.6 Å². The second-order valence-electron chi connectivity index (χ2n) is 5.56. The first-order chi connectivity index (χ1) is 8.13. The first-order valence-electron chi connectivity index (χ1n) is 6.59. The molecule has 2 atom stereocenters. The van der Waals surface area contributed by atoms with Crippen molar-refractivity contribution in [3.8, 4) is 0 Å². The highest BCUT2D eigenvalue weighted by Gasteiger charge is 2.51. The number of carboxylic acids is 1. The van der Waals surface area contributed by atoms with E-state index in [0.29, 0.717) is 17.8 Å². The molecule has 1 spiro atoms. The maximum atomic E-state index is 11.2. The second-order valence-corrected chi connectivity index (χ2v) is 5.56. The number of likely N-dealkylation sites (tertiary alicyclic amines) is 1. The quantitative estimate of drug-likeness (QED) is 0.794. The lowest BCUT2D eigenvalue weighted by molar-refractivity contribution is -0.143. The molecule has 2 fully saturated rings. The van der Waals surface area contributed by atoms with E-state index in [4.69, 9.17) is 4.74 Å². The molecule has 1 aliphatic carbocycles. The minimum absolute atomic E-state index is 0.311. The van der Waals surface area contributed by atoms with E-state index in [1.807, 2.05) is 6.92 Å². The number of carbonyl (C=O) groups is 1. The number of aliphatic carboxylic acids is 1. The highest BCUT2D eigenvalue weighted by Crippen LogP contribution is 2.52. The van der Waals surface area contributed by atoms with E-state index in [1.165, 1.54) is 19.3 Å². The van der Waals surface area contributed by atoms with Crippen LogP contribution in [0, 0.1) is 11.3 Å². The third-order valence-electron chi connectivity index (χ3n) is 4.67. The Hall–Kier alpha value is -0.610. The Balaban J connectivity index is 2.05. The van der Waals surface area contributed by atoms with Crippen molar-refractivity contribution in [2.45, 2.75) is 38.6 Å². The molecule has 1 saturated heterocycles. The largest absolute Gasteiger partial charge is 0.480 e. The Morgan fingerprint density at radius 3 is 2.71 bits per heavy atom. The number of hydrogen-bond donors (Lipinski definition) is 1. The van der Waals surface area contributed by atoms with Gasteiger partial charge in [0.15, 0.2) is 0 Å². The third-order valence-corrected chi connectivity index (χ3v) is 4.67. The van der Waals surface area contributed by atoms with Gasteiger partial charge in [0, 0.05) is 26.1 Å². The van der Waals surface area contributed by atoms with Crippen molar-refractivity contribution in [2.75, 3.05) is 26.8 Å². The van der Waals surface area contributed by atoms with Gasteiger partial charge in [0.1, 0.15) is 6.04 Å². The zero-order valence-corrected chi connectivity index (χ0v) is 10.8. The van der Waals surface area contributed by atoms with Crippen LogP contribution in [0.15, 0.2) is 0 Å². The molecule has 0 aromatic carbocycles. The van der Waals surface area contributed by atoms with Crippen LogP contribution in [0.4, 0.5) is 0 Å². The van der Waals surface area contributed by atoms with Gasteiger partial charge < -0.3 is 9.84 Å². The molecule has 0 aromatic heterocycles. The first-order valence-corrected chi connectivity index (χ1v) is 6.59. The van der Waals surface area contributed by atoms with Crippen LogP contribution in [0.1, 0.15) is 32.6 Å². The van der Waals surface area contributed by atoms with E-state index >= 15 is 0 Å². The Bertz CT molecular complexity index is 288. The lowest BCUT2D eigenvalue weighted by Gasteiger charge is -2.43. The van der Waals surface area contributed by atoms with Gasteiger partial charge in [-0.15, -0.1) is 0 Å². The summed E-state index contributed by atoms with van der Waals surface area (Å²) in [5, 5.41) is 9.24. The molecule has 1 saturated carbocycles. The predicted molar refractivity (Wildman–Crippen MR) is 64.9 cm³/mol. The summed E-state index contributed by atoms with van der Waals surface area (Å²) < 4.78 is 5.31. The molecule has 98 valence electrons. The Labute approximate surface area is 103 Å². The average Bonchev–Trinajstić information content (AvgIpc) is 2.58. The van der Waals surface area contributed by atoms with Crippen LogP contribution in [0.5, 0.6) is 0 Å². The van der Waals surface area contributed by atoms with E-state index in [9.17, 15) is 9.90 Å². The van der Waals surface area contributed by atoms with Gasteiger partial charge in [-0.05, 0) is 24.7 Å². The number of nitrogens with zero attached hydrogens (tertiary/aromatic N) is 1. The number of ether oxygens (including phenoxy) is 1. The number of rotatable bonds is 5. The van der Waals surface area contributed by atoms with Crippen molar-refractivity contribution in [2.24, 2.45) is 11.3 Å². The summed E-state index contributed by atoms with van der Waals surface area (Å²) in [4.78, 5) is 13.4. The van der Waals surface area contributed by atoms with Gasteiger partial charge in [-0.25, -0.2) is 0 Å². The molecule has 2 rings (SSSR count). The van der Waals surface area contributed by atoms with Crippen LogP contribution in [-0.2, 0) is 9.53 Å². The molecule has 0 amide bonds. The number of hydrogen-bond acceptors (Lipinski definition) is 3. The Morgan fingerprint density at radius 1 is 1.59 bits per heavy atom. The maximum absolute atomic E-state index is 11.2. The van der Waals surface area contributed by atoms with E-state index in [2.05, 4.69) is 4.90 Å². The standard InChI is InChI=1S/C13H23NO3/c1-3-11(12(15)16)14-7-10(8-17-2)13(9-14)5-4-6-13/h10-11H,3-9H2,1-2H3,(H,15,16)/t10-,11+/m1/s1. The van der Waals surface area contributed by atoms with Crippen molar-refractivity contribution in [3.63, 3.8) is 0 Å². The molecule has 17 heavy (non-hydrogen) atoms. The fourth-order valence-corrected chi connectivity index (χ4v) is 3.53. The normalized spacial score (nSPS) is 29.2. The molecule has 1 heterocycles. The van der Waals surface area contributed by atoms with Gasteiger partial charge in [-0.2, -0.15) is 0 Å². The van der Waals surface area contributed by atoms with Crippen molar-refractivity contribution >= 4 is 5.97 Å². The summed E-state index contributed by atoms with van der Waals surface area (Å²) in [6.07, 6.45) is 4.46. The van der Waals surface area contributed by atoms with Crippen molar-refractivity contribution in [1.82, 2.24) is 4.90 Å². The molecule has 1 aliphatic heterocycles. The van der Waals surface area contributed by atoms with Crippen LogP contribution in [0.2, 0.25) is 0 Å². The lowest BCUT2D eigenvalue weighted by atomic mass is 9.63. The SMILES string of the molecule is CC[C@@H](C(=O)O)N1C[C@H](COC)C2(CCC2)C1. The Kier molecular flexibility index (Phi) is 3.73. The van der Waals surface area contributed by atoms with E-state index in [-0.39, 0.29) is 6.04 Å². The molecule has 0 radical (unpaired) electrons. The maximum Gasteiger partial charge on any atom is 0.320 e. The zero-order chi connectivity index (χ0) is 12.5. The highest BCUT2D eigenvalue weighted by molar-refractivity contribution is 5.73. The van der Waals surface area contributed by atoms with Gasteiger partial charge in [-0.3, -0.25) is 9.69 Å². The van der Waals surface area contributed by atoms with Crippen LogP contribution < -0.4 is 0 Å². The fourth-order valence-electron chi connectivity index (χ4n) is 3.53. The van der Waals surface area contributed by atoms with Gasteiger partial charge in [0.25, 0.3) is 0 Å². The third kappa shape index (κ3) is 2.20. The molecule has 0 bridgehead atoms. The fraction of sp³-hybridized carbons (Fsp3) is 0.923. The average molecular weight is 241 g/mol. The summed E-state index contributed by atoms with van der Waals surface area (Å²) >= 11 is 0. The van der Waals surface area contributed by atoms with Gasteiger partial charge in [0.05, 0.1) is 6.61 Å². The van der Waals surface area contributed by atoms with E-state index in [1.54, 1.807) is 7.11 Å². The van der Waals surface area contributed by atoms with Crippen LogP contribution in [0.25, 0.3) is 0 Å². The summed E-state index contributed by atoms with van der Waals surface area (Å²) in [5.41, 5.74) is 0.360. The van der Waals surface area contributed by atoms with Crippen molar-refractivity contribution in [1.29, 1.82) is 0 Å². The molecule has 4 heteroatoms. The lowest BCUT2D eigenvalue weighted by Crippen LogP contribution is -2.42. The molecule has 2 aliphatic rings. The second kappa shape index (κ2) is 4.94. The summed E-state index contributed by atoms with van der Waals surface area (Å²) in [7, 11) is 1.74. The number of methoxy groups -OCH3 is 1. The summed E-state index contributed by atoms with van der Waals surface area (Å²) in [6.45, 7) is 4.56. The minimum Gasteiger partial charge on any atom is -0.480 e. The van der Waals surface area contributed by atoms with Gasteiger partial charge >= 0.3 is 5.97 Å². The first kappa shape index (κ1) is 12.8. The molecular formula is C13H23NO3. The predicted octanol–water partition coefficient (Wildman–Crippen LogP) is 1.60. The monoisotopic (exact) mass is 241 g/mol. The smallest absolute Gasteiger partial charge is 0.320 e. The molecule has 1 N–H and O–H groups in total. The topological polar surface area (TPSA) is 49.8 Å². The zero-order valence-electron chi connectivity index (χ0n) is 10.8. The number of carboxylic acid groups (broad SMARTS) is 1. The summed E-state index contributed by atoms with van der Waals surface area (Å²) in [6, 6.07) is -0.311. The molecule has 0 aromatic rings. The van der Waals surface area contributed by atoms with E-state index < -0.39 is 5.97 Å². The molecular weight excluding hydrogens is 218 g/mol. The van der Waals surface area contributed by atoms with E-state index in [0.717, 1.165) is 19.7 Å². The van der Waals surface area contributed by atoms with Crippen LogP contribution >= 0.6 is 0 Å². The molecule has 4 nitrogen and oxygen atoms in total. The van der Waals surface area contributed by atoms with Gasteiger partial charge in [0.2, 0.25) is 0 Å². The highest BCUT2D eigenvalue weighted by atomic mass is 16.5. The van der Waals surface area contributed by atoms with Crippen LogP contribution in [-0.4, -0.2) is 48.8 Å². The minimum atomic E-state index is -0.681. The molecule has 0 unspecified atom stereocenters. The van der Waals surface area contributed by atoms with Crippen LogP contribution in [0.3, 0.4) is 0 Å². The van der Waals surface area contributed by atoms with Crippen molar-refractivity contribution in [3.05, 3.63) is 0 Å². The van der Waals surface area contributed by atoms with Gasteiger partial charge in [-0.1, -0.05) is 13.3 Å². The Morgan fingerprint density at radius 2 is 2.29 bits per heavy atom. The summed E-state index contributed by atoms with van der Waals surface area (Å²) in [5.74, 6) is -0.158.